The Balaban J connectivity index is 2.12. The Hall–Kier alpha value is -2.42. The minimum atomic E-state index is -0.0530. The van der Waals surface area contributed by atoms with Gasteiger partial charge in [-0.2, -0.15) is 0 Å². The summed E-state index contributed by atoms with van der Waals surface area (Å²) >= 11 is 0. The first kappa shape index (κ1) is 11.7. The highest BCUT2D eigenvalue weighted by Crippen LogP contribution is 2.30. The molecule has 2 aromatic carbocycles. The van der Waals surface area contributed by atoms with Gasteiger partial charge in [-0.3, -0.25) is 9.59 Å². The third-order valence-electron chi connectivity index (χ3n) is 3.26. The molecule has 0 aromatic heterocycles. The van der Waals surface area contributed by atoms with E-state index in [2.05, 4.69) is 5.32 Å². The van der Waals surface area contributed by atoms with Crippen LogP contribution in [0.3, 0.4) is 0 Å². The van der Waals surface area contributed by atoms with E-state index in [1.165, 1.54) is 0 Å². The number of carbonyl (C=O) groups excluding carboxylic acids is 2. The fraction of sp³-hybridized carbons (Fsp3) is 0.125. The molecule has 0 bridgehead atoms. The van der Waals surface area contributed by atoms with Gasteiger partial charge in [0.05, 0.1) is 12.1 Å². The number of hydrogen-bond acceptors (Lipinski definition) is 2. The van der Waals surface area contributed by atoms with E-state index in [0.29, 0.717) is 23.2 Å². The Bertz CT molecular complexity index is 675. The van der Waals surface area contributed by atoms with Gasteiger partial charge in [-0.05, 0) is 24.1 Å². The Morgan fingerprint density at radius 2 is 1.89 bits per heavy atom. The Morgan fingerprint density at radius 1 is 1.16 bits per heavy atom. The van der Waals surface area contributed by atoms with E-state index in [1.54, 1.807) is 12.1 Å². The van der Waals surface area contributed by atoms with Gasteiger partial charge >= 0.3 is 0 Å². The first-order chi connectivity index (χ1) is 9.15. The van der Waals surface area contributed by atoms with E-state index in [1.807, 2.05) is 37.3 Å². The van der Waals surface area contributed by atoms with Crippen LogP contribution in [0.15, 0.2) is 42.5 Å². The second-order valence-electron chi connectivity index (χ2n) is 4.77. The fourth-order valence-electron chi connectivity index (χ4n) is 2.43. The molecule has 0 radical (unpaired) electrons. The van der Waals surface area contributed by atoms with E-state index in [4.69, 9.17) is 0 Å². The smallest absolute Gasteiger partial charge is 0.228 e. The van der Waals surface area contributed by atoms with Crippen molar-refractivity contribution >= 4 is 17.4 Å². The quantitative estimate of drug-likeness (QED) is 0.834. The molecule has 0 saturated heterocycles. The summed E-state index contributed by atoms with van der Waals surface area (Å²) < 4.78 is 0. The van der Waals surface area contributed by atoms with Crippen molar-refractivity contribution in [2.75, 3.05) is 5.32 Å². The van der Waals surface area contributed by atoms with Crippen LogP contribution >= 0.6 is 0 Å². The van der Waals surface area contributed by atoms with Crippen molar-refractivity contribution in [2.24, 2.45) is 0 Å². The van der Waals surface area contributed by atoms with Crippen molar-refractivity contribution in [3.63, 3.8) is 0 Å². The second kappa shape index (κ2) is 4.35. The molecule has 1 N–H and O–H groups in total. The van der Waals surface area contributed by atoms with Crippen molar-refractivity contribution in [2.45, 2.75) is 13.3 Å². The minimum Gasteiger partial charge on any atom is -0.325 e. The summed E-state index contributed by atoms with van der Waals surface area (Å²) in [4.78, 5) is 24.0. The maximum absolute atomic E-state index is 12.5. The molecule has 3 heteroatoms. The second-order valence-corrected chi connectivity index (χ2v) is 4.77. The van der Waals surface area contributed by atoms with Crippen molar-refractivity contribution in [1.29, 1.82) is 0 Å². The average molecular weight is 251 g/mol. The lowest BCUT2D eigenvalue weighted by molar-refractivity contribution is -0.115. The molecular formula is C16H13NO2. The summed E-state index contributed by atoms with van der Waals surface area (Å²) in [6.45, 7) is 1.94. The molecule has 0 fully saturated rings. The number of carbonyl (C=O) groups is 2. The van der Waals surface area contributed by atoms with Crippen LogP contribution in [0.2, 0.25) is 0 Å². The number of anilines is 1. The van der Waals surface area contributed by atoms with Gasteiger partial charge in [0.2, 0.25) is 5.91 Å². The SMILES string of the molecule is Cc1cc2c(c(C(=O)c3ccccc3)c1)NC(=O)C2. The molecule has 2 aromatic rings. The fourth-order valence-corrected chi connectivity index (χ4v) is 2.43. The standard InChI is InChI=1S/C16H13NO2/c1-10-7-12-9-14(18)17-15(12)13(8-10)16(19)11-5-3-2-4-6-11/h2-8H,9H2,1H3,(H,17,18). The van der Waals surface area contributed by atoms with Crippen molar-refractivity contribution in [3.05, 3.63) is 64.7 Å². The lowest BCUT2D eigenvalue weighted by Gasteiger charge is -2.09. The summed E-state index contributed by atoms with van der Waals surface area (Å²) in [5.41, 5.74) is 3.78. The van der Waals surface area contributed by atoms with Gasteiger partial charge in [-0.25, -0.2) is 0 Å². The molecule has 0 aliphatic carbocycles. The van der Waals surface area contributed by atoms with Gasteiger partial charge in [0.25, 0.3) is 0 Å². The van der Waals surface area contributed by atoms with Gasteiger partial charge in [0, 0.05) is 11.1 Å². The average Bonchev–Trinajstić information content (AvgIpc) is 2.78. The summed E-state index contributed by atoms with van der Waals surface area (Å²) in [6, 6.07) is 12.9. The largest absolute Gasteiger partial charge is 0.325 e. The molecule has 19 heavy (non-hydrogen) atoms. The molecule has 3 rings (SSSR count). The van der Waals surface area contributed by atoms with Crippen LogP contribution in [0.5, 0.6) is 0 Å². The van der Waals surface area contributed by atoms with E-state index < -0.39 is 0 Å². The summed E-state index contributed by atoms with van der Waals surface area (Å²) in [5, 5.41) is 2.78. The molecule has 94 valence electrons. The Morgan fingerprint density at radius 3 is 2.63 bits per heavy atom. The Kier molecular flexibility index (Phi) is 2.67. The normalized spacial score (nSPS) is 13.0. The number of benzene rings is 2. The Labute approximate surface area is 111 Å². The van der Waals surface area contributed by atoms with Crippen molar-refractivity contribution in [1.82, 2.24) is 0 Å². The van der Waals surface area contributed by atoms with E-state index >= 15 is 0 Å². The number of nitrogens with one attached hydrogen (secondary N) is 1. The first-order valence-electron chi connectivity index (χ1n) is 6.18. The highest BCUT2D eigenvalue weighted by Gasteiger charge is 2.24. The van der Waals surface area contributed by atoms with Crippen LogP contribution in [0.25, 0.3) is 0 Å². The number of rotatable bonds is 2. The van der Waals surface area contributed by atoms with Gasteiger partial charge in [-0.1, -0.05) is 36.4 Å². The van der Waals surface area contributed by atoms with Gasteiger partial charge < -0.3 is 5.32 Å². The van der Waals surface area contributed by atoms with E-state index in [-0.39, 0.29) is 11.7 Å². The summed E-state index contributed by atoms with van der Waals surface area (Å²) in [6.07, 6.45) is 0.353. The van der Waals surface area contributed by atoms with Crippen molar-refractivity contribution in [3.8, 4) is 0 Å². The zero-order valence-electron chi connectivity index (χ0n) is 10.6. The molecule has 1 aliphatic rings. The number of ketones is 1. The number of amides is 1. The van der Waals surface area contributed by atoms with Crippen LogP contribution in [0.4, 0.5) is 5.69 Å². The third kappa shape index (κ3) is 2.03. The highest BCUT2D eigenvalue weighted by atomic mass is 16.2. The van der Waals surface area contributed by atoms with Crippen LogP contribution in [0, 0.1) is 6.92 Å². The van der Waals surface area contributed by atoms with Gasteiger partial charge in [0.15, 0.2) is 5.78 Å². The van der Waals surface area contributed by atoms with Crippen LogP contribution in [-0.2, 0) is 11.2 Å². The van der Waals surface area contributed by atoms with Gasteiger partial charge in [0.1, 0.15) is 0 Å². The number of aryl methyl sites for hydroxylation is 1. The first-order valence-corrected chi connectivity index (χ1v) is 6.18. The topological polar surface area (TPSA) is 46.2 Å². The minimum absolute atomic E-state index is 0.0530. The summed E-state index contributed by atoms with van der Waals surface area (Å²) in [5.74, 6) is -0.106. The molecule has 0 saturated carbocycles. The lowest BCUT2D eigenvalue weighted by Crippen LogP contribution is -2.08. The molecule has 0 atom stereocenters. The number of fused-ring (bicyclic) bond motifs is 1. The van der Waals surface area contributed by atoms with Crippen LogP contribution in [0.1, 0.15) is 27.0 Å². The molecular weight excluding hydrogens is 238 g/mol. The van der Waals surface area contributed by atoms with Gasteiger partial charge in [-0.15, -0.1) is 0 Å². The monoisotopic (exact) mass is 251 g/mol. The molecule has 3 nitrogen and oxygen atoms in total. The van der Waals surface area contributed by atoms with Crippen LogP contribution < -0.4 is 5.32 Å². The molecule has 1 amide bonds. The maximum Gasteiger partial charge on any atom is 0.228 e. The van der Waals surface area contributed by atoms with Crippen LogP contribution in [-0.4, -0.2) is 11.7 Å². The molecule has 0 unspecified atom stereocenters. The third-order valence-corrected chi connectivity index (χ3v) is 3.26. The van der Waals surface area contributed by atoms with Crippen molar-refractivity contribution < 1.29 is 9.59 Å². The predicted molar refractivity (Wildman–Crippen MR) is 73.4 cm³/mol. The van der Waals surface area contributed by atoms with E-state index in [0.717, 1.165) is 11.1 Å². The molecule has 1 aliphatic heterocycles. The highest BCUT2D eigenvalue weighted by molar-refractivity contribution is 6.16. The molecule has 0 spiro atoms. The zero-order chi connectivity index (χ0) is 13.4. The maximum atomic E-state index is 12.5. The predicted octanol–water partition coefficient (Wildman–Crippen LogP) is 2.72. The lowest BCUT2D eigenvalue weighted by atomic mass is 9.97. The number of hydrogen-bond donors (Lipinski definition) is 1. The van der Waals surface area contributed by atoms with E-state index in [9.17, 15) is 9.59 Å². The molecule has 1 heterocycles. The summed E-state index contributed by atoms with van der Waals surface area (Å²) in [7, 11) is 0. The zero-order valence-corrected chi connectivity index (χ0v) is 10.6.